The molecule has 0 radical (unpaired) electrons. The van der Waals surface area contributed by atoms with Crippen molar-refractivity contribution in [2.24, 2.45) is 5.92 Å². The Morgan fingerprint density at radius 1 is 0.895 bits per heavy atom. The summed E-state index contributed by atoms with van der Waals surface area (Å²) in [5.74, 6) is 0.878. The van der Waals surface area contributed by atoms with Crippen LogP contribution in [0.1, 0.15) is 84.5 Å². The molecule has 1 atom stereocenters. The first-order valence-corrected chi connectivity index (χ1v) is 8.45. The van der Waals surface area contributed by atoms with E-state index >= 15 is 0 Å². The quantitative estimate of drug-likeness (QED) is 0.400. The van der Waals surface area contributed by atoms with Crippen LogP contribution in [0, 0.1) is 5.92 Å². The standard InChI is InChI=1S/C17H34N.FH/c1-3-5-6-7-8-9-10-11-12-14-18-15-13-17(4-2)16-18;/h16-17H,3-15H2,1-2H3;1H/q+1;/p-1. The van der Waals surface area contributed by atoms with E-state index in [4.69, 9.17) is 0 Å². The molecule has 1 heterocycles. The summed E-state index contributed by atoms with van der Waals surface area (Å²) in [4.78, 5) is 0. The summed E-state index contributed by atoms with van der Waals surface area (Å²) in [6.07, 6.45) is 18.2. The van der Waals surface area contributed by atoms with Crippen LogP contribution in [-0.4, -0.2) is 23.9 Å². The van der Waals surface area contributed by atoms with Crippen LogP contribution < -0.4 is 4.70 Å². The molecule has 0 amide bonds. The Labute approximate surface area is 119 Å². The van der Waals surface area contributed by atoms with Gasteiger partial charge in [0, 0.05) is 18.8 Å². The first-order chi connectivity index (χ1) is 8.86. The van der Waals surface area contributed by atoms with Crippen molar-refractivity contribution in [3.05, 3.63) is 0 Å². The number of nitrogens with zero attached hydrogens (tertiary/aromatic N) is 1. The van der Waals surface area contributed by atoms with Crippen molar-refractivity contribution in [1.82, 2.24) is 0 Å². The normalized spacial score (nSPS) is 18.2. The Morgan fingerprint density at radius 2 is 1.47 bits per heavy atom. The SMILES string of the molecule is CCCCCCCCCCC[N+]1=CC(CC)CC1.[F-]. The van der Waals surface area contributed by atoms with E-state index in [1.807, 2.05) is 0 Å². The number of hydrogen-bond donors (Lipinski definition) is 0. The average Bonchev–Trinajstić information content (AvgIpc) is 2.85. The van der Waals surface area contributed by atoms with Crippen LogP contribution in [0.15, 0.2) is 0 Å². The van der Waals surface area contributed by atoms with Crippen molar-refractivity contribution >= 4 is 6.21 Å². The summed E-state index contributed by atoms with van der Waals surface area (Å²) in [6, 6.07) is 0. The van der Waals surface area contributed by atoms with Gasteiger partial charge < -0.3 is 4.70 Å². The van der Waals surface area contributed by atoms with Gasteiger partial charge in [-0.15, -0.1) is 0 Å². The third-order valence-electron chi connectivity index (χ3n) is 4.28. The van der Waals surface area contributed by atoms with Gasteiger partial charge in [0.15, 0.2) is 0 Å². The molecule has 0 bridgehead atoms. The predicted molar refractivity (Wildman–Crippen MR) is 81.7 cm³/mol. The maximum atomic E-state index is 2.56. The lowest BCUT2D eigenvalue weighted by molar-refractivity contribution is -0.516. The fraction of sp³-hybridized carbons (Fsp3) is 0.941. The van der Waals surface area contributed by atoms with Gasteiger partial charge in [0.1, 0.15) is 19.3 Å². The molecule has 0 aromatic carbocycles. The molecule has 19 heavy (non-hydrogen) atoms. The van der Waals surface area contributed by atoms with Crippen molar-refractivity contribution in [2.75, 3.05) is 13.1 Å². The van der Waals surface area contributed by atoms with E-state index in [1.165, 1.54) is 83.7 Å². The molecule has 0 N–H and O–H groups in total. The van der Waals surface area contributed by atoms with Crippen molar-refractivity contribution in [1.29, 1.82) is 0 Å². The van der Waals surface area contributed by atoms with Gasteiger partial charge in [-0.2, -0.15) is 0 Å². The van der Waals surface area contributed by atoms with Gasteiger partial charge in [-0.1, -0.05) is 58.8 Å². The van der Waals surface area contributed by atoms with Crippen molar-refractivity contribution in [2.45, 2.75) is 84.5 Å². The van der Waals surface area contributed by atoms with Crippen LogP contribution in [0.5, 0.6) is 0 Å². The van der Waals surface area contributed by atoms with Gasteiger partial charge >= 0.3 is 0 Å². The maximum Gasteiger partial charge on any atom is 0.143 e. The molecular weight excluding hydrogens is 237 g/mol. The zero-order valence-electron chi connectivity index (χ0n) is 13.2. The number of hydrogen-bond acceptors (Lipinski definition) is 0. The number of rotatable bonds is 11. The summed E-state index contributed by atoms with van der Waals surface area (Å²) in [6.45, 7) is 7.23. The molecule has 1 unspecified atom stereocenters. The monoisotopic (exact) mass is 271 g/mol. The van der Waals surface area contributed by atoms with Gasteiger partial charge in [0.05, 0.1) is 0 Å². The Bertz CT molecular complexity index is 225. The summed E-state index contributed by atoms with van der Waals surface area (Å²) >= 11 is 0. The highest BCUT2D eigenvalue weighted by molar-refractivity contribution is 5.56. The maximum absolute atomic E-state index is 2.56. The molecule has 0 fully saturated rings. The van der Waals surface area contributed by atoms with Gasteiger partial charge in [-0.25, -0.2) is 4.58 Å². The largest absolute Gasteiger partial charge is 1.00 e. The highest BCUT2D eigenvalue weighted by Crippen LogP contribution is 2.13. The molecule has 0 aliphatic carbocycles. The molecule has 1 rings (SSSR count). The van der Waals surface area contributed by atoms with E-state index in [0.717, 1.165) is 5.92 Å². The second-order valence-electron chi connectivity index (χ2n) is 5.97. The molecule has 1 nitrogen and oxygen atoms in total. The van der Waals surface area contributed by atoms with Crippen LogP contribution >= 0.6 is 0 Å². The molecule has 1 aliphatic rings. The van der Waals surface area contributed by atoms with Crippen LogP contribution in [0.2, 0.25) is 0 Å². The minimum atomic E-state index is 0. The second kappa shape index (κ2) is 12.6. The Balaban J connectivity index is 0.00000324. The van der Waals surface area contributed by atoms with Crippen LogP contribution in [0.25, 0.3) is 0 Å². The topological polar surface area (TPSA) is 3.01 Å². The Morgan fingerprint density at radius 3 is 2.00 bits per heavy atom. The fourth-order valence-electron chi connectivity index (χ4n) is 2.90. The lowest BCUT2D eigenvalue weighted by Gasteiger charge is -2.01. The first kappa shape index (κ1) is 18.6. The third kappa shape index (κ3) is 9.18. The van der Waals surface area contributed by atoms with E-state index in [-0.39, 0.29) is 4.70 Å². The molecule has 0 aromatic heterocycles. The second-order valence-corrected chi connectivity index (χ2v) is 5.97. The smallest absolute Gasteiger partial charge is 0.143 e. The van der Waals surface area contributed by atoms with Crippen LogP contribution in [0.4, 0.5) is 0 Å². The minimum absolute atomic E-state index is 0. The molecule has 0 aromatic rings. The zero-order valence-corrected chi connectivity index (χ0v) is 13.2. The molecular formula is C17H34FN. The highest BCUT2D eigenvalue weighted by atomic mass is 19.0. The molecule has 114 valence electrons. The molecule has 1 aliphatic heterocycles. The summed E-state index contributed by atoms with van der Waals surface area (Å²) in [5.41, 5.74) is 0. The van der Waals surface area contributed by atoms with E-state index in [0.29, 0.717) is 0 Å². The molecule has 0 saturated carbocycles. The van der Waals surface area contributed by atoms with Crippen LogP contribution in [0.3, 0.4) is 0 Å². The summed E-state index contributed by atoms with van der Waals surface area (Å²) < 4.78 is 2.56. The molecule has 0 spiro atoms. The average molecular weight is 271 g/mol. The van der Waals surface area contributed by atoms with E-state index in [2.05, 4.69) is 24.6 Å². The van der Waals surface area contributed by atoms with Gasteiger partial charge in [0.2, 0.25) is 0 Å². The predicted octanol–water partition coefficient (Wildman–Crippen LogP) is 2.03. The van der Waals surface area contributed by atoms with Crippen molar-refractivity contribution in [3.63, 3.8) is 0 Å². The number of halogens is 1. The highest BCUT2D eigenvalue weighted by Gasteiger charge is 2.19. The molecule has 0 saturated heterocycles. The van der Waals surface area contributed by atoms with E-state index in [9.17, 15) is 0 Å². The van der Waals surface area contributed by atoms with Crippen molar-refractivity contribution in [3.8, 4) is 0 Å². The van der Waals surface area contributed by atoms with E-state index < -0.39 is 0 Å². The number of unbranched alkanes of at least 4 members (excludes halogenated alkanes) is 8. The van der Waals surface area contributed by atoms with Gasteiger partial charge in [-0.3, -0.25) is 0 Å². The summed E-state index contributed by atoms with van der Waals surface area (Å²) in [5, 5.41) is 0. The lowest BCUT2D eigenvalue weighted by Crippen LogP contribution is -3.00. The lowest BCUT2D eigenvalue weighted by atomic mass is 10.1. The fourth-order valence-corrected chi connectivity index (χ4v) is 2.90. The summed E-state index contributed by atoms with van der Waals surface area (Å²) in [7, 11) is 0. The Kier molecular flexibility index (Phi) is 12.4. The minimum Gasteiger partial charge on any atom is -1.00 e. The van der Waals surface area contributed by atoms with Crippen LogP contribution in [-0.2, 0) is 0 Å². The third-order valence-corrected chi connectivity index (χ3v) is 4.28. The molecule has 2 heteroatoms. The Hall–Kier alpha value is -0.400. The van der Waals surface area contributed by atoms with Gasteiger partial charge in [0.25, 0.3) is 0 Å². The van der Waals surface area contributed by atoms with Gasteiger partial charge in [-0.05, 0) is 12.8 Å². The first-order valence-electron chi connectivity index (χ1n) is 8.45. The zero-order chi connectivity index (χ0) is 13.1. The van der Waals surface area contributed by atoms with Crippen molar-refractivity contribution < 1.29 is 9.28 Å². The van der Waals surface area contributed by atoms with E-state index in [1.54, 1.807) is 0 Å².